The van der Waals surface area contributed by atoms with Crippen molar-refractivity contribution in [2.75, 3.05) is 13.7 Å². The molecule has 0 saturated carbocycles. The number of hydrogen-bond donors (Lipinski definition) is 0. The molecular formula is C38H52O6. The van der Waals surface area contributed by atoms with Gasteiger partial charge in [0, 0.05) is 6.61 Å². The van der Waals surface area contributed by atoms with Crippen molar-refractivity contribution in [3.05, 3.63) is 102 Å². The Morgan fingerprint density at radius 3 is 1.77 bits per heavy atom. The molecule has 3 aromatic rings. The van der Waals surface area contributed by atoms with E-state index >= 15 is 0 Å². The van der Waals surface area contributed by atoms with Crippen molar-refractivity contribution in [3.8, 4) is 5.75 Å². The fraction of sp³-hybridized carbons (Fsp3) is 0.526. The van der Waals surface area contributed by atoms with Gasteiger partial charge in [-0.25, -0.2) is 0 Å². The van der Waals surface area contributed by atoms with E-state index in [2.05, 4.69) is 45.0 Å². The van der Waals surface area contributed by atoms with Crippen molar-refractivity contribution in [3.63, 3.8) is 0 Å². The predicted molar refractivity (Wildman–Crippen MR) is 174 cm³/mol. The lowest BCUT2D eigenvalue weighted by atomic mass is 9.92. The Bertz CT molecular complexity index is 1150. The Labute approximate surface area is 265 Å². The van der Waals surface area contributed by atoms with E-state index in [4.69, 9.17) is 28.4 Å². The molecule has 0 amide bonds. The number of ether oxygens (including phenoxy) is 6. The summed E-state index contributed by atoms with van der Waals surface area (Å²) in [5.74, 6) is 1.22. The first-order valence-corrected chi connectivity index (χ1v) is 16.4. The van der Waals surface area contributed by atoms with Crippen LogP contribution >= 0.6 is 0 Å². The first-order valence-electron chi connectivity index (χ1n) is 16.4. The van der Waals surface area contributed by atoms with E-state index in [-0.39, 0.29) is 18.3 Å². The van der Waals surface area contributed by atoms with Gasteiger partial charge in [-0.3, -0.25) is 0 Å². The molecule has 6 nitrogen and oxygen atoms in total. The van der Waals surface area contributed by atoms with Gasteiger partial charge >= 0.3 is 0 Å². The van der Waals surface area contributed by atoms with Crippen LogP contribution in [0.4, 0.5) is 0 Å². The van der Waals surface area contributed by atoms with Crippen LogP contribution in [0.2, 0.25) is 0 Å². The molecule has 1 heterocycles. The van der Waals surface area contributed by atoms with E-state index in [0.717, 1.165) is 41.7 Å². The van der Waals surface area contributed by atoms with Gasteiger partial charge in [-0.1, -0.05) is 119 Å². The molecular weight excluding hydrogens is 552 g/mol. The molecule has 6 heteroatoms. The molecule has 0 radical (unpaired) electrons. The van der Waals surface area contributed by atoms with Gasteiger partial charge in [-0.05, 0) is 47.6 Å². The third-order valence-electron chi connectivity index (χ3n) is 8.00. The number of unbranched alkanes of at least 4 members (excludes halogenated alkanes) is 4. The molecule has 5 atom stereocenters. The maximum absolute atomic E-state index is 6.78. The highest BCUT2D eigenvalue weighted by atomic mass is 16.7. The van der Waals surface area contributed by atoms with Crippen molar-refractivity contribution in [2.45, 2.75) is 110 Å². The van der Waals surface area contributed by atoms with Crippen molar-refractivity contribution < 1.29 is 28.4 Å². The predicted octanol–water partition coefficient (Wildman–Crippen LogP) is 8.51. The summed E-state index contributed by atoms with van der Waals surface area (Å²) in [5, 5.41) is 0. The molecule has 0 aromatic heterocycles. The average molecular weight is 605 g/mol. The largest absolute Gasteiger partial charge is 0.497 e. The maximum Gasteiger partial charge on any atom is 0.187 e. The zero-order valence-corrected chi connectivity index (χ0v) is 27.1. The lowest BCUT2D eigenvalue weighted by Crippen LogP contribution is -2.61. The zero-order valence-electron chi connectivity index (χ0n) is 27.1. The van der Waals surface area contributed by atoms with E-state index in [9.17, 15) is 0 Å². The topological polar surface area (TPSA) is 55.4 Å². The monoisotopic (exact) mass is 604 g/mol. The summed E-state index contributed by atoms with van der Waals surface area (Å²) < 4.78 is 38.8. The Kier molecular flexibility index (Phi) is 14.7. The van der Waals surface area contributed by atoms with Crippen LogP contribution in [0.25, 0.3) is 0 Å². The molecule has 0 aliphatic carbocycles. The molecule has 3 aromatic carbocycles. The molecule has 1 aliphatic rings. The molecule has 4 rings (SSSR count). The van der Waals surface area contributed by atoms with E-state index in [0.29, 0.717) is 32.3 Å². The summed E-state index contributed by atoms with van der Waals surface area (Å²) in [7, 11) is 1.68. The van der Waals surface area contributed by atoms with Crippen LogP contribution in [0.5, 0.6) is 5.75 Å². The van der Waals surface area contributed by atoms with Crippen molar-refractivity contribution in [1.29, 1.82) is 0 Å². The lowest BCUT2D eigenvalue weighted by Gasteiger charge is -2.46. The molecule has 44 heavy (non-hydrogen) atoms. The summed E-state index contributed by atoms with van der Waals surface area (Å²) in [6.45, 7) is 8.59. The van der Waals surface area contributed by atoms with Gasteiger partial charge in [0.1, 0.15) is 24.1 Å². The van der Waals surface area contributed by atoms with E-state index < -0.39 is 12.4 Å². The molecule has 1 fully saturated rings. The highest BCUT2D eigenvalue weighted by Gasteiger charge is 2.49. The summed E-state index contributed by atoms with van der Waals surface area (Å²) >= 11 is 0. The first-order chi connectivity index (χ1) is 21.6. The highest BCUT2D eigenvalue weighted by molar-refractivity contribution is 5.26. The second-order valence-electron chi connectivity index (χ2n) is 12.1. The van der Waals surface area contributed by atoms with Gasteiger partial charge in [0.25, 0.3) is 0 Å². The van der Waals surface area contributed by atoms with Crippen LogP contribution in [-0.2, 0) is 43.5 Å². The highest BCUT2D eigenvalue weighted by Crippen LogP contribution is 2.34. The first kappa shape index (κ1) is 34.1. The Morgan fingerprint density at radius 1 is 0.614 bits per heavy atom. The van der Waals surface area contributed by atoms with E-state index in [1.54, 1.807) is 7.11 Å². The van der Waals surface area contributed by atoms with Gasteiger partial charge in [0.2, 0.25) is 0 Å². The average Bonchev–Trinajstić information content (AvgIpc) is 3.05. The zero-order chi connectivity index (χ0) is 31.0. The molecule has 0 N–H and O–H groups in total. The number of benzene rings is 3. The van der Waals surface area contributed by atoms with Crippen LogP contribution in [0.15, 0.2) is 84.9 Å². The fourth-order valence-corrected chi connectivity index (χ4v) is 5.59. The maximum atomic E-state index is 6.78. The molecule has 240 valence electrons. The normalized spacial score (nSPS) is 21.9. The van der Waals surface area contributed by atoms with Gasteiger partial charge in [-0.15, -0.1) is 0 Å². The van der Waals surface area contributed by atoms with Crippen molar-refractivity contribution >= 4 is 0 Å². The quantitative estimate of drug-likeness (QED) is 0.128. The number of hydrogen-bond acceptors (Lipinski definition) is 6. The van der Waals surface area contributed by atoms with Gasteiger partial charge in [0.15, 0.2) is 6.29 Å². The van der Waals surface area contributed by atoms with Gasteiger partial charge < -0.3 is 28.4 Å². The Morgan fingerprint density at radius 2 is 1.18 bits per heavy atom. The van der Waals surface area contributed by atoms with E-state index in [1.165, 1.54) is 19.3 Å². The van der Waals surface area contributed by atoms with Gasteiger partial charge in [0.05, 0.1) is 33.0 Å². The lowest BCUT2D eigenvalue weighted by molar-refractivity contribution is -0.326. The standard InChI is InChI=1S/C38H52O6/c1-5-6-7-8-15-24-40-36-35(41-27-32-20-22-33(39-4)23-21-32)34(25-29(2)3)44-38(43-28-31-18-13-10-14-19-31)37(36)42-26-30-16-11-9-12-17-30/h9-14,16-23,29,34-38H,5-8,15,24-28H2,1-4H3/t34-,35-,36+,37-,38+/m1/s1. The minimum Gasteiger partial charge on any atom is -0.497 e. The SMILES string of the molecule is CCCCCCCO[C@@H]1[C@@H](OCc2ccccc2)[C@@H](OCc2ccccc2)O[C@H](CC(C)C)[C@H]1OCc1ccc(OC)cc1. The van der Waals surface area contributed by atoms with Crippen LogP contribution in [-0.4, -0.2) is 44.4 Å². The summed E-state index contributed by atoms with van der Waals surface area (Å²) in [4.78, 5) is 0. The van der Waals surface area contributed by atoms with Crippen LogP contribution in [0.1, 0.15) is 76.0 Å². The smallest absolute Gasteiger partial charge is 0.187 e. The van der Waals surface area contributed by atoms with Crippen LogP contribution in [0.3, 0.4) is 0 Å². The second kappa shape index (κ2) is 18.9. The number of methoxy groups -OCH3 is 1. The molecule has 1 aliphatic heterocycles. The minimum atomic E-state index is -0.603. The minimum absolute atomic E-state index is 0.212. The molecule has 0 unspecified atom stereocenters. The summed E-state index contributed by atoms with van der Waals surface area (Å²) in [6, 6.07) is 28.4. The number of rotatable bonds is 19. The van der Waals surface area contributed by atoms with Crippen molar-refractivity contribution in [2.24, 2.45) is 5.92 Å². The van der Waals surface area contributed by atoms with Gasteiger partial charge in [-0.2, -0.15) is 0 Å². The molecule has 0 spiro atoms. The Balaban J connectivity index is 1.59. The van der Waals surface area contributed by atoms with Crippen LogP contribution in [0, 0.1) is 5.92 Å². The van der Waals surface area contributed by atoms with E-state index in [1.807, 2.05) is 60.7 Å². The second-order valence-corrected chi connectivity index (χ2v) is 12.1. The fourth-order valence-electron chi connectivity index (χ4n) is 5.59. The Hall–Kier alpha value is -2.74. The molecule has 1 saturated heterocycles. The summed E-state index contributed by atoms with van der Waals surface area (Å²) in [6.07, 6.45) is 4.68. The molecule has 0 bridgehead atoms. The van der Waals surface area contributed by atoms with Crippen LogP contribution < -0.4 is 4.74 Å². The third-order valence-corrected chi connectivity index (χ3v) is 8.00. The third kappa shape index (κ3) is 11.0. The van der Waals surface area contributed by atoms with Crippen molar-refractivity contribution in [1.82, 2.24) is 0 Å². The summed E-state index contributed by atoms with van der Waals surface area (Å²) in [5.41, 5.74) is 3.24.